The minimum atomic E-state index is -3.45. The molecule has 4 nitrogen and oxygen atoms in total. The van der Waals surface area contributed by atoms with E-state index >= 15 is 0 Å². The van der Waals surface area contributed by atoms with Gasteiger partial charge in [0.25, 0.3) is 0 Å². The van der Waals surface area contributed by atoms with Gasteiger partial charge >= 0.3 is 0 Å². The number of hydrogen-bond donors (Lipinski definition) is 1. The highest BCUT2D eigenvalue weighted by Gasteiger charge is 2.24. The summed E-state index contributed by atoms with van der Waals surface area (Å²) < 4.78 is 26.7. The van der Waals surface area contributed by atoms with Gasteiger partial charge in [-0.15, -0.1) is 0 Å². The summed E-state index contributed by atoms with van der Waals surface area (Å²) in [7, 11) is -3.45. The fourth-order valence-corrected chi connectivity index (χ4v) is 3.66. The van der Waals surface area contributed by atoms with Crippen LogP contribution in [-0.2, 0) is 10.0 Å². The molecule has 0 saturated heterocycles. The van der Waals surface area contributed by atoms with Crippen molar-refractivity contribution >= 4 is 15.7 Å². The first-order valence-corrected chi connectivity index (χ1v) is 8.12. The molecule has 0 fully saturated rings. The van der Waals surface area contributed by atoms with Crippen molar-refractivity contribution in [3.05, 3.63) is 23.8 Å². The summed E-state index contributed by atoms with van der Waals surface area (Å²) in [6.45, 7) is 8.85. The highest BCUT2D eigenvalue weighted by molar-refractivity contribution is 7.89. The van der Waals surface area contributed by atoms with Crippen molar-refractivity contribution in [1.82, 2.24) is 4.31 Å². The number of nitrogen functional groups attached to an aromatic ring is 1. The van der Waals surface area contributed by atoms with E-state index in [1.54, 1.807) is 12.1 Å². The van der Waals surface area contributed by atoms with E-state index in [0.29, 0.717) is 24.7 Å². The largest absolute Gasteiger partial charge is 0.399 e. The van der Waals surface area contributed by atoms with Gasteiger partial charge in [0.2, 0.25) is 10.0 Å². The molecule has 0 aliphatic heterocycles. The lowest BCUT2D eigenvalue weighted by Crippen LogP contribution is -2.34. The van der Waals surface area contributed by atoms with Crippen LogP contribution in [0.1, 0.15) is 32.8 Å². The van der Waals surface area contributed by atoms with Crippen LogP contribution in [0.3, 0.4) is 0 Å². The van der Waals surface area contributed by atoms with Crippen LogP contribution in [0.5, 0.6) is 0 Å². The molecule has 0 amide bonds. The number of benzene rings is 1. The van der Waals surface area contributed by atoms with E-state index in [1.165, 1.54) is 10.4 Å². The quantitative estimate of drug-likeness (QED) is 0.817. The lowest BCUT2D eigenvalue weighted by molar-refractivity contribution is 0.361. The van der Waals surface area contributed by atoms with Crippen LogP contribution in [0, 0.1) is 12.8 Å². The fraction of sp³-hybridized carbons (Fsp3) is 0.571. The average molecular weight is 284 g/mol. The number of nitrogens with two attached hydrogens (primary N) is 1. The summed E-state index contributed by atoms with van der Waals surface area (Å²) in [4.78, 5) is 0.287. The maximum atomic E-state index is 12.6. The summed E-state index contributed by atoms with van der Waals surface area (Å²) in [6, 6.07) is 4.97. The van der Waals surface area contributed by atoms with E-state index in [0.717, 1.165) is 12.0 Å². The molecule has 2 N–H and O–H groups in total. The first-order chi connectivity index (χ1) is 8.81. The monoisotopic (exact) mass is 284 g/mol. The van der Waals surface area contributed by atoms with E-state index in [9.17, 15) is 8.42 Å². The molecule has 0 saturated carbocycles. The Labute approximate surface area is 116 Å². The molecule has 5 heteroatoms. The minimum Gasteiger partial charge on any atom is -0.399 e. The Balaban J connectivity index is 3.13. The molecule has 108 valence electrons. The van der Waals surface area contributed by atoms with Crippen molar-refractivity contribution < 1.29 is 8.42 Å². The predicted octanol–water partition coefficient (Wildman–Crippen LogP) is 2.63. The van der Waals surface area contributed by atoms with Crippen molar-refractivity contribution in [3.63, 3.8) is 0 Å². The molecule has 0 radical (unpaired) electrons. The second-order valence-electron chi connectivity index (χ2n) is 5.05. The maximum Gasteiger partial charge on any atom is 0.243 e. The van der Waals surface area contributed by atoms with Gasteiger partial charge in [0, 0.05) is 18.8 Å². The van der Waals surface area contributed by atoms with E-state index in [4.69, 9.17) is 5.73 Å². The Morgan fingerprint density at radius 1 is 1.26 bits per heavy atom. The van der Waals surface area contributed by atoms with Crippen molar-refractivity contribution in [1.29, 1.82) is 0 Å². The first-order valence-electron chi connectivity index (χ1n) is 6.68. The number of anilines is 1. The lowest BCUT2D eigenvalue weighted by atomic mass is 10.1. The zero-order chi connectivity index (χ0) is 14.6. The van der Waals surface area contributed by atoms with Gasteiger partial charge in [-0.25, -0.2) is 8.42 Å². The zero-order valence-corrected chi connectivity index (χ0v) is 13.0. The van der Waals surface area contributed by atoms with Gasteiger partial charge in [-0.05, 0) is 36.6 Å². The molecule has 1 unspecified atom stereocenters. The van der Waals surface area contributed by atoms with Crippen molar-refractivity contribution in [2.45, 2.75) is 39.0 Å². The lowest BCUT2D eigenvalue weighted by Gasteiger charge is -2.23. The summed E-state index contributed by atoms with van der Waals surface area (Å²) in [5.41, 5.74) is 7.09. The standard InChI is InChI=1S/C14H24N2O2S/c1-5-11(3)10-16(6-2)19(17,18)14-8-12(4)7-13(15)9-14/h7-9,11H,5-6,10,15H2,1-4H3. The Morgan fingerprint density at radius 3 is 2.37 bits per heavy atom. The second kappa shape index (κ2) is 6.39. The van der Waals surface area contributed by atoms with Gasteiger partial charge in [0.05, 0.1) is 4.90 Å². The van der Waals surface area contributed by atoms with Crippen LogP contribution in [0.25, 0.3) is 0 Å². The van der Waals surface area contributed by atoms with Crippen molar-refractivity contribution in [2.24, 2.45) is 5.92 Å². The summed E-state index contributed by atoms with van der Waals surface area (Å²) in [6.07, 6.45) is 0.960. The number of rotatable bonds is 6. The van der Waals surface area contributed by atoms with Gasteiger partial charge in [0.1, 0.15) is 0 Å². The minimum absolute atomic E-state index is 0.287. The zero-order valence-electron chi connectivity index (χ0n) is 12.2. The van der Waals surface area contributed by atoms with Gasteiger partial charge in [-0.3, -0.25) is 0 Å². The number of aryl methyl sites for hydroxylation is 1. The van der Waals surface area contributed by atoms with Gasteiger partial charge in [-0.1, -0.05) is 27.2 Å². The predicted molar refractivity (Wildman–Crippen MR) is 79.5 cm³/mol. The smallest absolute Gasteiger partial charge is 0.243 e. The first kappa shape index (κ1) is 16.0. The van der Waals surface area contributed by atoms with Gasteiger partial charge < -0.3 is 5.73 Å². The van der Waals surface area contributed by atoms with Crippen LogP contribution >= 0.6 is 0 Å². The third-order valence-corrected chi connectivity index (χ3v) is 5.19. The van der Waals surface area contributed by atoms with E-state index in [1.807, 2.05) is 13.8 Å². The van der Waals surface area contributed by atoms with E-state index in [-0.39, 0.29) is 4.90 Å². The molecule has 1 atom stereocenters. The molecule has 0 aromatic heterocycles. The molecule has 0 aliphatic rings. The topological polar surface area (TPSA) is 63.4 Å². The van der Waals surface area contributed by atoms with Crippen molar-refractivity contribution in [2.75, 3.05) is 18.8 Å². The molecule has 1 aromatic carbocycles. The highest BCUT2D eigenvalue weighted by atomic mass is 32.2. The second-order valence-corrected chi connectivity index (χ2v) is 6.99. The molecule has 0 heterocycles. The molecule has 1 aromatic rings. The van der Waals surface area contributed by atoms with Crippen LogP contribution in [0.4, 0.5) is 5.69 Å². The van der Waals surface area contributed by atoms with Gasteiger partial charge in [-0.2, -0.15) is 4.31 Å². The third-order valence-electron chi connectivity index (χ3n) is 3.28. The Morgan fingerprint density at radius 2 is 1.89 bits per heavy atom. The van der Waals surface area contributed by atoms with E-state index < -0.39 is 10.0 Å². The molecule has 0 aliphatic carbocycles. The van der Waals surface area contributed by atoms with Crippen molar-refractivity contribution in [3.8, 4) is 0 Å². The Bertz CT molecular complexity index is 506. The fourth-order valence-electron chi connectivity index (χ4n) is 1.95. The normalized spacial score (nSPS) is 13.7. The molecular formula is C14H24N2O2S. The van der Waals surface area contributed by atoms with Gasteiger partial charge in [0.15, 0.2) is 0 Å². The van der Waals surface area contributed by atoms with Crippen LogP contribution in [-0.4, -0.2) is 25.8 Å². The molecule has 19 heavy (non-hydrogen) atoms. The number of sulfonamides is 1. The number of hydrogen-bond acceptors (Lipinski definition) is 3. The van der Waals surface area contributed by atoms with Crippen LogP contribution in [0.15, 0.2) is 23.1 Å². The SMILES string of the molecule is CCC(C)CN(CC)S(=O)(=O)c1cc(C)cc(N)c1. The molecule has 1 rings (SSSR count). The average Bonchev–Trinajstić information content (AvgIpc) is 2.34. The number of nitrogens with zero attached hydrogens (tertiary/aromatic N) is 1. The van der Waals surface area contributed by atoms with E-state index in [2.05, 4.69) is 13.8 Å². The third kappa shape index (κ3) is 3.94. The highest BCUT2D eigenvalue weighted by Crippen LogP contribution is 2.21. The molecule has 0 bridgehead atoms. The Kier molecular flexibility index (Phi) is 5.38. The van der Waals surface area contributed by atoms with Crippen LogP contribution < -0.4 is 5.73 Å². The summed E-state index contributed by atoms with van der Waals surface area (Å²) in [5, 5.41) is 0. The Hall–Kier alpha value is -1.07. The maximum absolute atomic E-state index is 12.6. The molecule has 0 spiro atoms. The molecular weight excluding hydrogens is 260 g/mol. The van der Waals surface area contributed by atoms with Crippen LogP contribution in [0.2, 0.25) is 0 Å². The summed E-state index contributed by atoms with van der Waals surface area (Å²) in [5.74, 6) is 0.344. The summed E-state index contributed by atoms with van der Waals surface area (Å²) >= 11 is 0.